The van der Waals surface area contributed by atoms with Crippen LogP contribution in [0.15, 0.2) is 59.9 Å². The van der Waals surface area contributed by atoms with Crippen LogP contribution >= 0.6 is 0 Å². The molecule has 0 spiro atoms. The van der Waals surface area contributed by atoms with Crippen molar-refractivity contribution >= 4 is 11.4 Å². The van der Waals surface area contributed by atoms with Crippen molar-refractivity contribution in [3.8, 4) is 0 Å². The molecule has 0 bridgehead atoms. The molecule has 0 amide bonds. The number of aryl methyl sites for hydroxylation is 2. The maximum atomic E-state index is 12.8. The van der Waals surface area contributed by atoms with Crippen LogP contribution in [0.5, 0.6) is 0 Å². The largest absolute Gasteiger partial charge is 0.504 e. The molecule has 4 rings (SSSR count). The number of fused-ring (bicyclic) bond motifs is 3. The van der Waals surface area contributed by atoms with E-state index in [0.717, 1.165) is 28.3 Å². The minimum absolute atomic E-state index is 0.179. The van der Waals surface area contributed by atoms with Gasteiger partial charge in [0.25, 0.3) is 0 Å². The number of carbonyl (C=O) groups excluding carboxylic acids is 1. The number of aliphatic hydroxyl groups is 1. The number of alkyl halides is 3. The molecular formula is C22H17F3O2. The smallest absolute Gasteiger partial charge is 0.416 e. The number of halogens is 3. The van der Waals surface area contributed by atoms with Crippen LogP contribution in [0.2, 0.25) is 0 Å². The van der Waals surface area contributed by atoms with Crippen LogP contribution in [-0.2, 0) is 30.2 Å². The summed E-state index contributed by atoms with van der Waals surface area (Å²) in [5.41, 5.74) is 4.44. The quantitative estimate of drug-likeness (QED) is 0.805. The number of Topliss-reactive ketones (excluding diaryl/α,β-unsaturated/α-hetero) is 1. The molecule has 27 heavy (non-hydrogen) atoms. The number of carbonyl (C=O) groups is 1. The Morgan fingerprint density at radius 1 is 1.00 bits per heavy atom. The summed E-state index contributed by atoms with van der Waals surface area (Å²) in [4.78, 5) is 11.8. The molecule has 0 atom stereocenters. The van der Waals surface area contributed by atoms with E-state index in [1.807, 2.05) is 24.3 Å². The van der Waals surface area contributed by atoms with E-state index < -0.39 is 11.7 Å². The van der Waals surface area contributed by atoms with E-state index in [1.54, 1.807) is 6.07 Å². The van der Waals surface area contributed by atoms with Gasteiger partial charge in [0, 0.05) is 12.0 Å². The lowest BCUT2D eigenvalue weighted by molar-refractivity contribution is -0.137. The zero-order valence-corrected chi connectivity index (χ0v) is 14.4. The zero-order valence-electron chi connectivity index (χ0n) is 14.4. The molecule has 0 unspecified atom stereocenters. The molecule has 0 aliphatic heterocycles. The summed E-state index contributed by atoms with van der Waals surface area (Å²) >= 11 is 0. The maximum absolute atomic E-state index is 12.8. The summed E-state index contributed by atoms with van der Waals surface area (Å²) in [5.74, 6) is -0.461. The summed E-state index contributed by atoms with van der Waals surface area (Å²) in [6.07, 6.45) is -0.508. The lowest BCUT2D eigenvalue weighted by Crippen LogP contribution is -2.08. The number of rotatable bonds is 3. The average Bonchev–Trinajstić information content (AvgIpc) is 3.01. The summed E-state index contributed by atoms with van der Waals surface area (Å²) in [6, 6.07) is 11.2. The van der Waals surface area contributed by atoms with Gasteiger partial charge in [0.15, 0.2) is 5.76 Å². The summed E-state index contributed by atoms with van der Waals surface area (Å²) in [5, 5.41) is 10.2. The highest BCUT2D eigenvalue weighted by molar-refractivity contribution is 6.08. The molecule has 0 radical (unpaired) electrons. The van der Waals surface area contributed by atoms with Gasteiger partial charge in [-0.3, -0.25) is 4.79 Å². The predicted octanol–water partition coefficient (Wildman–Crippen LogP) is 5.22. The highest BCUT2D eigenvalue weighted by atomic mass is 19.4. The Morgan fingerprint density at radius 3 is 2.48 bits per heavy atom. The second kappa shape index (κ2) is 6.41. The van der Waals surface area contributed by atoms with Gasteiger partial charge in [-0.15, -0.1) is 0 Å². The fourth-order valence-corrected chi connectivity index (χ4v) is 3.73. The molecular weight excluding hydrogens is 353 g/mol. The Bertz CT molecular complexity index is 997. The predicted molar refractivity (Wildman–Crippen MR) is 96.3 cm³/mol. The van der Waals surface area contributed by atoms with Gasteiger partial charge in [-0.05, 0) is 53.2 Å². The summed E-state index contributed by atoms with van der Waals surface area (Å²) < 4.78 is 38.5. The number of aliphatic hydroxyl groups excluding tert-OH is 1. The Morgan fingerprint density at radius 2 is 1.74 bits per heavy atom. The van der Waals surface area contributed by atoms with Crippen LogP contribution < -0.4 is 0 Å². The number of allylic oxidation sites excluding steroid dienone is 4. The van der Waals surface area contributed by atoms with Crippen molar-refractivity contribution in [2.45, 2.75) is 31.9 Å². The van der Waals surface area contributed by atoms with Crippen molar-refractivity contribution in [1.29, 1.82) is 0 Å². The second-order valence-electron chi connectivity index (χ2n) is 6.95. The molecule has 0 fully saturated rings. The third-order valence-electron chi connectivity index (χ3n) is 5.14. The molecule has 2 aromatic carbocycles. The first-order valence-corrected chi connectivity index (χ1v) is 8.77. The van der Waals surface area contributed by atoms with E-state index in [2.05, 4.69) is 0 Å². The lowest BCUT2D eigenvalue weighted by atomic mass is 9.94. The minimum Gasteiger partial charge on any atom is -0.504 e. The molecule has 0 aromatic heterocycles. The van der Waals surface area contributed by atoms with Crippen LogP contribution in [0.1, 0.15) is 34.2 Å². The van der Waals surface area contributed by atoms with Crippen LogP contribution in [0.4, 0.5) is 13.2 Å². The molecule has 2 aliphatic carbocycles. The Balaban J connectivity index is 1.57. The molecule has 2 aliphatic rings. The second-order valence-corrected chi connectivity index (χ2v) is 6.95. The summed E-state index contributed by atoms with van der Waals surface area (Å²) in [6.45, 7) is 0. The Kier molecular flexibility index (Phi) is 4.17. The van der Waals surface area contributed by atoms with Crippen molar-refractivity contribution in [2.24, 2.45) is 0 Å². The van der Waals surface area contributed by atoms with E-state index in [-0.39, 0.29) is 18.0 Å². The van der Waals surface area contributed by atoms with Gasteiger partial charge in [0.2, 0.25) is 5.78 Å². The van der Waals surface area contributed by atoms with Gasteiger partial charge >= 0.3 is 6.18 Å². The topological polar surface area (TPSA) is 37.3 Å². The normalized spacial score (nSPS) is 16.3. The lowest BCUT2D eigenvalue weighted by Gasteiger charge is -2.12. The molecule has 1 N–H and O–H groups in total. The van der Waals surface area contributed by atoms with Gasteiger partial charge in [-0.25, -0.2) is 0 Å². The molecule has 138 valence electrons. The van der Waals surface area contributed by atoms with Gasteiger partial charge in [-0.1, -0.05) is 42.5 Å². The third-order valence-corrected chi connectivity index (χ3v) is 5.14. The number of hydrogen-bond donors (Lipinski definition) is 1. The van der Waals surface area contributed by atoms with E-state index in [1.165, 1.54) is 12.1 Å². The number of ketones is 1. The van der Waals surface area contributed by atoms with Gasteiger partial charge in [0.05, 0.1) is 5.56 Å². The first kappa shape index (κ1) is 17.6. The number of benzene rings is 2. The van der Waals surface area contributed by atoms with Crippen LogP contribution in [0.3, 0.4) is 0 Å². The molecule has 2 aromatic rings. The first-order chi connectivity index (χ1) is 12.8. The molecule has 5 heteroatoms. The van der Waals surface area contributed by atoms with Gasteiger partial charge in [0.1, 0.15) is 0 Å². The molecule has 0 saturated carbocycles. The highest BCUT2D eigenvalue weighted by Gasteiger charge is 2.31. The minimum atomic E-state index is -4.34. The van der Waals surface area contributed by atoms with Crippen molar-refractivity contribution in [1.82, 2.24) is 0 Å². The fourth-order valence-electron chi connectivity index (χ4n) is 3.73. The van der Waals surface area contributed by atoms with Crippen LogP contribution in [0.25, 0.3) is 5.57 Å². The monoisotopic (exact) mass is 370 g/mol. The maximum Gasteiger partial charge on any atom is 0.416 e. The van der Waals surface area contributed by atoms with Gasteiger partial charge in [-0.2, -0.15) is 13.2 Å². The SMILES string of the molecule is O=C1CC=C2Cc3ccc(CCc4cccc(C(F)(F)F)c4)cc3C2=C1O. The van der Waals surface area contributed by atoms with Crippen molar-refractivity contribution < 1.29 is 23.1 Å². The standard InChI is InChI=1S/C22H17F3O2/c23-22(24,25)17-3-1-2-13(10-17)4-5-14-6-7-15-12-16-8-9-19(26)21(27)20(16)18(15)11-14/h1-3,6-8,10-11,27H,4-5,9,12H2. The van der Waals surface area contributed by atoms with E-state index in [9.17, 15) is 23.1 Å². The van der Waals surface area contributed by atoms with Crippen LogP contribution in [-0.4, -0.2) is 10.9 Å². The summed E-state index contributed by atoms with van der Waals surface area (Å²) in [7, 11) is 0. The first-order valence-electron chi connectivity index (χ1n) is 8.77. The number of hydrogen-bond acceptors (Lipinski definition) is 2. The van der Waals surface area contributed by atoms with Crippen molar-refractivity contribution in [3.63, 3.8) is 0 Å². The zero-order chi connectivity index (χ0) is 19.2. The van der Waals surface area contributed by atoms with Crippen molar-refractivity contribution in [3.05, 3.63) is 87.7 Å². The fraction of sp³-hybridized carbons (Fsp3) is 0.227. The van der Waals surface area contributed by atoms with E-state index in [0.29, 0.717) is 30.4 Å². The molecule has 0 saturated heterocycles. The molecule has 2 nitrogen and oxygen atoms in total. The third kappa shape index (κ3) is 3.29. The Labute approximate surface area is 154 Å². The Hall–Kier alpha value is -2.82. The highest BCUT2D eigenvalue weighted by Crippen LogP contribution is 2.41. The van der Waals surface area contributed by atoms with E-state index >= 15 is 0 Å². The van der Waals surface area contributed by atoms with Gasteiger partial charge < -0.3 is 5.11 Å². The average molecular weight is 370 g/mol. The molecule has 0 heterocycles. The van der Waals surface area contributed by atoms with Crippen LogP contribution in [0, 0.1) is 0 Å². The van der Waals surface area contributed by atoms with E-state index in [4.69, 9.17) is 0 Å². The van der Waals surface area contributed by atoms with Crippen molar-refractivity contribution in [2.75, 3.05) is 0 Å².